The lowest BCUT2D eigenvalue weighted by molar-refractivity contribution is -0.385. The van der Waals surface area contributed by atoms with Crippen LogP contribution in [-0.2, 0) is 4.79 Å². The summed E-state index contributed by atoms with van der Waals surface area (Å²) in [6, 6.07) is 3.93. The smallest absolute Gasteiger partial charge is 0.323 e. The van der Waals surface area contributed by atoms with Crippen LogP contribution in [0.15, 0.2) is 18.2 Å². The first kappa shape index (κ1) is 15.4. The molecular weight excluding hydrogens is 268 g/mol. The Hall–Kier alpha value is -2.64. The number of rotatable bonds is 6. The number of carbonyl (C=O) groups is 2. The average Bonchev–Trinajstić information content (AvgIpc) is 2.37. The Bertz CT molecular complexity index is 543. The number of nitro benzene ring substituents is 1. The van der Waals surface area contributed by atoms with Gasteiger partial charge in [0.2, 0.25) is 5.75 Å². The zero-order valence-electron chi connectivity index (χ0n) is 11.0. The van der Waals surface area contributed by atoms with Gasteiger partial charge in [0, 0.05) is 13.1 Å². The highest BCUT2D eigenvalue weighted by Gasteiger charge is 2.25. The van der Waals surface area contributed by atoms with Gasteiger partial charge in [-0.2, -0.15) is 0 Å². The van der Waals surface area contributed by atoms with E-state index in [0.29, 0.717) is 0 Å². The molecular formula is C12H14N2O6. The fourth-order valence-corrected chi connectivity index (χ4v) is 1.61. The third-order valence-electron chi connectivity index (χ3n) is 2.43. The van der Waals surface area contributed by atoms with E-state index in [-0.39, 0.29) is 23.6 Å². The van der Waals surface area contributed by atoms with Crippen LogP contribution in [0.1, 0.15) is 17.3 Å². The van der Waals surface area contributed by atoms with Crippen LogP contribution in [-0.4, -0.2) is 47.0 Å². The second-order valence-electron chi connectivity index (χ2n) is 3.90. The highest BCUT2D eigenvalue weighted by Crippen LogP contribution is 2.31. The van der Waals surface area contributed by atoms with Crippen molar-refractivity contribution in [1.82, 2.24) is 4.90 Å². The lowest BCUT2D eigenvalue weighted by Crippen LogP contribution is -2.32. The molecule has 0 aliphatic carbocycles. The van der Waals surface area contributed by atoms with Crippen molar-refractivity contribution in [3.8, 4) is 5.75 Å². The van der Waals surface area contributed by atoms with Gasteiger partial charge in [0.1, 0.15) is 6.54 Å². The van der Waals surface area contributed by atoms with E-state index in [2.05, 4.69) is 0 Å². The quantitative estimate of drug-likeness (QED) is 0.619. The van der Waals surface area contributed by atoms with Gasteiger partial charge >= 0.3 is 11.7 Å². The summed E-state index contributed by atoms with van der Waals surface area (Å²) in [5.41, 5.74) is -0.369. The largest absolute Gasteiger partial charge is 0.487 e. The van der Waals surface area contributed by atoms with Crippen LogP contribution < -0.4 is 4.74 Å². The van der Waals surface area contributed by atoms with Crippen molar-refractivity contribution in [3.63, 3.8) is 0 Å². The molecule has 1 rings (SSSR count). The Labute approximate surface area is 114 Å². The van der Waals surface area contributed by atoms with Gasteiger partial charge in [-0.1, -0.05) is 6.07 Å². The summed E-state index contributed by atoms with van der Waals surface area (Å²) in [5, 5.41) is 19.6. The topological polar surface area (TPSA) is 110 Å². The summed E-state index contributed by atoms with van der Waals surface area (Å²) in [6.45, 7) is 1.27. The molecule has 0 fully saturated rings. The van der Waals surface area contributed by atoms with Crippen LogP contribution in [0.4, 0.5) is 5.69 Å². The molecule has 1 N–H and O–H groups in total. The number of nitrogens with zero attached hydrogens (tertiary/aromatic N) is 2. The number of hydrogen-bond donors (Lipinski definition) is 1. The normalized spacial score (nSPS) is 9.90. The van der Waals surface area contributed by atoms with Crippen molar-refractivity contribution in [2.75, 3.05) is 20.2 Å². The molecule has 0 heterocycles. The SMILES string of the molecule is CCOc1c(C(=O)N(C)CC(=O)O)cccc1[N+](=O)[O-]. The molecule has 108 valence electrons. The predicted octanol–water partition coefficient (Wildman–Crippen LogP) is 1.15. The molecule has 0 radical (unpaired) electrons. The molecule has 0 aliphatic heterocycles. The number of para-hydroxylation sites is 1. The maximum absolute atomic E-state index is 12.1. The highest BCUT2D eigenvalue weighted by atomic mass is 16.6. The van der Waals surface area contributed by atoms with Gasteiger partial charge in [0.05, 0.1) is 17.1 Å². The number of nitro groups is 1. The summed E-state index contributed by atoms with van der Waals surface area (Å²) in [5.74, 6) is -1.98. The third kappa shape index (κ3) is 3.44. The maximum Gasteiger partial charge on any atom is 0.323 e. The van der Waals surface area contributed by atoms with E-state index < -0.39 is 23.3 Å². The van der Waals surface area contributed by atoms with Crippen LogP contribution in [0.2, 0.25) is 0 Å². The first-order valence-electron chi connectivity index (χ1n) is 5.76. The first-order chi connectivity index (χ1) is 9.38. The second kappa shape index (κ2) is 6.50. The van der Waals surface area contributed by atoms with E-state index in [1.165, 1.54) is 25.2 Å². The van der Waals surface area contributed by atoms with E-state index >= 15 is 0 Å². The molecule has 0 aliphatic rings. The molecule has 0 atom stereocenters. The van der Waals surface area contributed by atoms with Crippen molar-refractivity contribution in [3.05, 3.63) is 33.9 Å². The van der Waals surface area contributed by atoms with Crippen LogP contribution in [0.3, 0.4) is 0 Å². The Kier molecular flexibility index (Phi) is 5.01. The molecule has 0 saturated heterocycles. The van der Waals surface area contributed by atoms with Crippen molar-refractivity contribution < 1.29 is 24.4 Å². The van der Waals surface area contributed by atoms with Crippen molar-refractivity contribution in [2.45, 2.75) is 6.92 Å². The molecule has 0 spiro atoms. The first-order valence-corrected chi connectivity index (χ1v) is 5.76. The van der Waals surface area contributed by atoms with Crippen molar-refractivity contribution >= 4 is 17.6 Å². The van der Waals surface area contributed by atoms with Gasteiger partial charge in [-0.15, -0.1) is 0 Å². The molecule has 0 saturated carbocycles. The zero-order chi connectivity index (χ0) is 15.3. The van der Waals surface area contributed by atoms with E-state index in [1.54, 1.807) is 6.92 Å². The molecule has 8 nitrogen and oxygen atoms in total. The van der Waals surface area contributed by atoms with E-state index in [0.717, 1.165) is 4.90 Å². The third-order valence-corrected chi connectivity index (χ3v) is 2.43. The van der Waals surface area contributed by atoms with Crippen LogP contribution >= 0.6 is 0 Å². The van der Waals surface area contributed by atoms with Crippen LogP contribution in [0, 0.1) is 10.1 Å². The highest BCUT2D eigenvalue weighted by molar-refractivity contribution is 5.99. The monoisotopic (exact) mass is 282 g/mol. The summed E-state index contributed by atoms with van der Waals surface area (Å²) in [6.07, 6.45) is 0. The van der Waals surface area contributed by atoms with Gasteiger partial charge in [-0.05, 0) is 13.0 Å². The summed E-state index contributed by atoms with van der Waals surface area (Å²) < 4.78 is 5.17. The van der Waals surface area contributed by atoms with Gasteiger partial charge in [-0.25, -0.2) is 0 Å². The Balaban J connectivity index is 3.22. The molecule has 1 aromatic rings. The Morgan fingerprint density at radius 3 is 2.60 bits per heavy atom. The minimum Gasteiger partial charge on any atom is -0.487 e. The van der Waals surface area contributed by atoms with Gasteiger partial charge in [-0.3, -0.25) is 19.7 Å². The minimum absolute atomic E-state index is 0.0372. The number of hydrogen-bond acceptors (Lipinski definition) is 5. The zero-order valence-corrected chi connectivity index (χ0v) is 11.0. The fourth-order valence-electron chi connectivity index (χ4n) is 1.61. The molecule has 8 heteroatoms. The van der Waals surface area contributed by atoms with Gasteiger partial charge in [0.15, 0.2) is 0 Å². The fraction of sp³-hybridized carbons (Fsp3) is 0.333. The van der Waals surface area contributed by atoms with E-state index in [9.17, 15) is 19.7 Å². The Morgan fingerprint density at radius 2 is 2.10 bits per heavy atom. The van der Waals surface area contributed by atoms with Crippen molar-refractivity contribution in [2.24, 2.45) is 0 Å². The lowest BCUT2D eigenvalue weighted by Gasteiger charge is -2.16. The number of likely N-dealkylation sites (N-methyl/N-ethyl adjacent to an activating group) is 1. The number of amides is 1. The number of carbonyl (C=O) groups excluding carboxylic acids is 1. The Morgan fingerprint density at radius 1 is 1.45 bits per heavy atom. The van der Waals surface area contributed by atoms with Crippen LogP contribution in [0.25, 0.3) is 0 Å². The molecule has 0 unspecified atom stereocenters. The van der Waals surface area contributed by atoms with E-state index in [4.69, 9.17) is 9.84 Å². The standard InChI is InChI=1S/C12H14N2O6/c1-3-20-11-8(5-4-6-9(11)14(18)19)12(17)13(2)7-10(15)16/h4-6H,3,7H2,1-2H3,(H,15,16). The molecule has 1 amide bonds. The number of carboxylic acids is 1. The molecule has 0 aromatic heterocycles. The van der Waals surface area contributed by atoms with Crippen molar-refractivity contribution in [1.29, 1.82) is 0 Å². The number of benzene rings is 1. The molecule has 1 aromatic carbocycles. The average molecular weight is 282 g/mol. The lowest BCUT2D eigenvalue weighted by atomic mass is 10.1. The molecule has 20 heavy (non-hydrogen) atoms. The van der Waals surface area contributed by atoms with Gasteiger partial charge in [0.25, 0.3) is 5.91 Å². The second-order valence-corrected chi connectivity index (χ2v) is 3.90. The number of aliphatic carboxylic acids is 1. The molecule has 0 bridgehead atoms. The van der Waals surface area contributed by atoms with E-state index in [1.807, 2.05) is 0 Å². The number of carboxylic acid groups (broad SMARTS) is 1. The summed E-state index contributed by atoms with van der Waals surface area (Å²) in [4.78, 5) is 33.9. The predicted molar refractivity (Wildman–Crippen MR) is 68.9 cm³/mol. The number of ether oxygens (including phenoxy) is 1. The summed E-state index contributed by atoms with van der Waals surface area (Å²) in [7, 11) is 1.30. The van der Waals surface area contributed by atoms with Gasteiger partial charge < -0.3 is 14.7 Å². The summed E-state index contributed by atoms with van der Waals surface area (Å²) >= 11 is 0. The minimum atomic E-state index is -1.18. The maximum atomic E-state index is 12.1. The van der Waals surface area contributed by atoms with Crippen LogP contribution in [0.5, 0.6) is 5.75 Å².